The van der Waals surface area contributed by atoms with Gasteiger partial charge in [0.15, 0.2) is 0 Å². The predicted molar refractivity (Wildman–Crippen MR) is 88.4 cm³/mol. The van der Waals surface area contributed by atoms with Gasteiger partial charge in [0.05, 0.1) is 5.69 Å². The number of para-hydroxylation sites is 1. The van der Waals surface area contributed by atoms with Gasteiger partial charge < -0.3 is 15.7 Å². The van der Waals surface area contributed by atoms with Crippen molar-refractivity contribution in [3.8, 4) is 0 Å². The summed E-state index contributed by atoms with van der Waals surface area (Å²) in [4.78, 5) is 22.9. The molecule has 0 fully saturated rings. The van der Waals surface area contributed by atoms with Crippen molar-refractivity contribution in [2.24, 2.45) is 0 Å². The fourth-order valence-corrected chi connectivity index (χ4v) is 3.09. The molecule has 0 saturated carbocycles. The third-order valence-electron chi connectivity index (χ3n) is 2.42. The van der Waals surface area contributed by atoms with E-state index in [0.29, 0.717) is 26.8 Å². The Bertz CT molecular complexity index is 479. The Morgan fingerprint density at radius 3 is 2.45 bits per heavy atom. The molecule has 0 heterocycles. The summed E-state index contributed by atoms with van der Waals surface area (Å²) in [5, 5.41) is 14.1. The molecule has 0 radical (unpaired) electrons. The third-order valence-corrected chi connectivity index (χ3v) is 4.38. The Morgan fingerprint density at radius 2 is 1.95 bits per heavy atom. The average molecular weight is 426 g/mol. The Morgan fingerprint density at radius 1 is 1.35 bits per heavy atom. The smallest absolute Gasteiger partial charge is 0.326 e. The Kier molecular flexibility index (Phi) is 7.39. The molecule has 0 aliphatic rings. The van der Waals surface area contributed by atoms with Crippen LogP contribution in [0.5, 0.6) is 0 Å². The van der Waals surface area contributed by atoms with Crippen LogP contribution in [0, 0.1) is 0 Å². The molecule has 1 aromatic rings. The van der Waals surface area contributed by atoms with Crippen LogP contribution in [0.4, 0.5) is 10.5 Å². The maximum atomic E-state index is 11.9. The predicted octanol–water partition coefficient (Wildman–Crippen LogP) is 3.54. The van der Waals surface area contributed by atoms with Gasteiger partial charge in [0.1, 0.15) is 6.04 Å². The van der Waals surface area contributed by atoms with Crippen LogP contribution in [-0.2, 0) is 4.79 Å². The highest BCUT2D eigenvalue weighted by Gasteiger charge is 2.20. The van der Waals surface area contributed by atoms with Crippen molar-refractivity contribution in [2.45, 2.75) is 12.5 Å². The van der Waals surface area contributed by atoms with Gasteiger partial charge >= 0.3 is 12.0 Å². The Labute approximate surface area is 138 Å². The van der Waals surface area contributed by atoms with E-state index in [1.807, 2.05) is 12.3 Å². The number of carboxylic acids is 1. The van der Waals surface area contributed by atoms with E-state index in [1.54, 1.807) is 12.1 Å². The molecule has 3 N–H and O–H groups in total. The molecule has 0 bridgehead atoms. The standard InChI is InChI=1S/C12H14Br2N2O3S/c1-20-6-5-9(11(17)18)15-12(19)16-10-7(13)3-2-4-8(10)14/h2-4,9H,5-6H2,1H3,(H,17,18)(H2,15,16,19). The second kappa shape index (κ2) is 8.53. The maximum absolute atomic E-state index is 11.9. The van der Waals surface area contributed by atoms with Gasteiger partial charge in [0, 0.05) is 8.95 Å². The molecule has 0 spiro atoms. The van der Waals surface area contributed by atoms with Gasteiger partial charge in [-0.15, -0.1) is 0 Å². The van der Waals surface area contributed by atoms with Crippen molar-refractivity contribution in [1.29, 1.82) is 0 Å². The molecule has 8 heteroatoms. The summed E-state index contributed by atoms with van der Waals surface area (Å²) in [6.07, 6.45) is 2.26. The van der Waals surface area contributed by atoms with Crippen LogP contribution in [-0.4, -0.2) is 35.2 Å². The first-order valence-corrected chi connectivity index (χ1v) is 8.67. The molecule has 1 aromatic carbocycles. The van der Waals surface area contributed by atoms with Crippen molar-refractivity contribution < 1.29 is 14.7 Å². The largest absolute Gasteiger partial charge is 0.480 e. The number of hydrogen-bond acceptors (Lipinski definition) is 3. The number of benzene rings is 1. The van der Waals surface area contributed by atoms with Gasteiger partial charge in [0.2, 0.25) is 0 Å². The van der Waals surface area contributed by atoms with Gasteiger partial charge in [-0.05, 0) is 62.4 Å². The molecular formula is C12H14Br2N2O3S. The number of carboxylic acid groups (broad SMARTS) is 1. The molecule has 0 aliphatic carbocycles. The Hall–Kier alpha value is -0.730. The first kappa shape index (κ1) is 17.3. The molecule has 20 heavy (non-hydrogen) atoms. The number of aliphatic carboxylic acids is 1. The number of carbonyl (C=O) groups is 2. The van der Waals surface area contributed by atoms with E-state index in [1.165, 1.54) is 11.8 Å². The summed E-state index contributed by atoms with van der Waals surface area (Å²) in [6.45, 7) is 0. The average Bonchev–Trinajstić information content (AvgIpc) is 2.38. The lowest BCUT2D eigenvalue weighted by atomic mass is 10.2. The van der Waals surface area contributed by atoms with E-state index in [2.05, 4.69) is 42.5 Å². The number of thioether (sulfide) groups is 1. The highest BCUT2D eigenvalue weighted by Crippen LogP contribution is 2.30. The quantitative estimate of drug-likeness (QED) is 0.651. The number of nitrogens with one attached hydrogen (secondary N) is 2. The van der Waals surface area contributed by atoms with E-state index < -0.39 is 18.0 Å². The normalized spacial score (nSPS) is 11.8. The van der Waals surface area contributed by atoms with Crippen molar-refractivity contribution in [1.82, 2.24) is 5.32 Å². The summed E-state index contributed by atoms with van der Waals surface area (Å²) in [7, 11) is 0. The number of halogens is 2. The van der Waals surface area contributed by atoms with Crippen LogP contribution in [0.2, 0.25) is 0 Å². The van der Waals surface area contributed by atoms with E-state index in [0.717, 1.165) is 0 Å². The van der Waals surface area contributed by atoms with E-state index >= 15 is 0 Å². The molecule has 1 atom stereocenters. The summed E-state index contributed by atoms with van der Waals surface area (Å²) in [5.41, 5.74) is 0.555. The van der Waals surface area contributed by atoms with Gasteiger partial charge in [0.25, 0.3) is 0 Å². The molecule has 5 nitrogen and oxygen atoms in total. The van der Waals surface area contributed by atoms with Crippen LogP contribution in [0.15, 0.2) is 27.1 Å². The fourth-order valence-electron chi connectivity index (χ4n) is 1.42. The zero-order valence-electron chi connectivity index (χ0n) is 10.7. The van der Waals surface area contributed by atoms with Gasteiger partial charge in [-0.2, -0.15) is 11.8 Å². The molecular weight excluding hydrogens is 412 g/mol. The minimum Gasteiger partial charge on any atom is -0.480 e. The van der Waals surface area contributed by atoms with Crippen LogP contribution in [0.3, 0.4) is 0 Å². The summed E-state index contributed by atoms with van der Waals surface area (Å²) >= 11 is 8.17. The highest BCUT2D eigenvalue weighted by atomic mass is 79.9. The molecule has 2 amide bonds. The first-order valence-electron chi connectivity index (χ1n) is 5.69. The summed E-state index contributed by atoms with van der Waals surface area (Å²) in [6, 6.07) is 3.93. The van der Waals surface area contributed by atoms with Crippen LogP contribution >= 0.6 is 43.6 Å². The number of amides is 2. The van der Waals surface area contributed by atoms with Crippen LogP contribution in [0.25, 0.3) is 0 Å². The van der Waals surface area contributed by atoms with Crippen LogP contribution in [0.1, 0.15) is 6.42 Å². The molecule has 1 rings (SSSR count). The van der Waals surface area contributed by atoms with E-state index in [9.17, 15) is 9.59 Å². The third kappa shape index (κ3) is 5.34. The fraction of sp³-hybridized carbons (Fsp3) is 0.333. The van der Waals surface area contributed by atoms with Gasteiger partial charge in [-0.25, -0.2) is 9.59 Å². The lowest BCUT2D eigenvalue weighted by molar-refractivity contribution is -0.139. The summed E-state index contributed by atoms with van der Waals surface area (Å²) in [5.74, 6) is -0.379. The first-order chi connectivity index (χ1) is 9.45. The molecule has 0 saturated heterocycles. The Balaban J connectivity index is 2.68. The van der Waals surface area contributed by atoms with Crippen molar-refractivity contribution in [2.75, 3.05) is 17.3 Å². The van der Waals surface area contributed by atoms with E-state index in [4.69, 9.17) is 5.11 Å². The topological polar surface area (TPSA) is 78.4 Å². The number of hydrogen-bond donors (Lipinski definition) is 3. The van der Waals surface area contributed by atoms with Gasteiger partial charge in [-0.3, -0.25) is 0 Å². The van der Waals surface area contributed by atoms with Gasteiger partial charge in [-0.1, -0.05) is 6.07 Å². The monoisotopic (exact) mass is 424 g/mol. The summed E-state index contributed by atoms with van der Waals surface area (Å²) < 4.78 is 1.41. The van der Waals surface area contributed by atoms with Crippen molar-refractivity contribution in [3.05, 3.63) is 27.1 Å². The second-order valence-electron chi connectivity index (χ2n) is 3.87. The second-order valence-corrected chi connectivity index (χ2v) is 6.56. The number of rotatable bonds is 6. The van der Waals surface area contributed by atoms with Crippen LogP contribution < -0.4 is 10.6 Å². The van der Waals surface area contributed by atoms with E-state index in [-0.39, 0.29) is 0 Å². The minimum absolute atomic E-state index is 0.376. The lowest BCUT2D eigenvalue weighted by Gasteiger charge is -2.15. The molecule has 0 aliphatic heterocycles. The van der Waals surface area contributed by atoms with Crippen molar-refractivity contribution >= 4 is 61.3 Å². The zero-order chi connectivity index (χ0) is 15.1. The minimum atomic E-state index is -1.04. The SMILES string of the molecule is CSCCC(NC(=O)Nc1c(Br)cccc1Br)C(=O)O. The lowest BCUT2D eigenvalue weighted by Crippen LogP contribution is -2.43. The maximum Gasteiger partial charge on any atom is 0.326 e. The highest BCUT2D eigenvalue weighted by molar-refractivity contribution is 9.11. The van der Waals surface area contributed by atoms with Crippen molar-refractivity contribution in [3.63, 3.8) is 0 Å². The number of urea groups is 1. The number of anilines is 1. The molecule has 1 unspecified atom stereocenters. The zero-order valence-corrected chi connectivity index (χ0v) is 14.6. The number of carbonyl (C=O) groups excluding carboxylic acids is 1. The molecule has 110 valence electrons. The molecule has 0 aromatic heterocycles.